The molecule has 1 aromatic heterocycles. The highest BCUT2D eigenvalue weighted by molar-refractivity contribution is 5.80. The number of nitrogens with zero attached hydrogens (tertiary/aromatic N) is 4. The van der Waals surface area contributed by atoms with Crippen LogP contribution in [0.5, 0.6) is 0 Å². The Bertz CT molecular complexity index is 845. The van der Waals surface area contributed by atoms with E-state index in [1.54, 1.807) is 0 Å². The maximum absolute atomic E-state index is 12.9. The Hall–Kier alpha value is -2.74. The molecule has 2 amide bonds. The fourth-order valence-electron chi connectivity index (χ4n) is 4.26. The number of amides is 2. The summed E-state index contributed by atoms with van der Waals surface area (Å²) in [6.07, 6.45) is 3.20. The van der Waals surface area contributed by atoms with Crippen LogP contribution in [-0.4, -0.2) is 57.9 Å². The van der Waals surface area contributed by atoms with Gasteiger partial charge in [-0.3, -0.25) is 14.5 Å². The maximum atomic E-state index is 12.9. The summed E-state index contributed by atoms with van der Waals surface area (Å²) in [4.78, 5) is 32.9. The zero-order chi connectivity index (χ0) is 20.2. The smallest absolute Gasteiger partial charge is 0.241 e. The number of carbonyl (C=O) groups is 2. The van der Waals surface area contributed by atoms with Crippen LogP contribution in [0.3, 0.4) is 0 Å². The highest BCUT2D eigenvalue weighted by Crippen LogP contribution is 2.24. The number of benzene rings is 1. The van der Waals surface area contributed by atoms with Gasteiger partial charge >= 0.3 is 0 Å². The molecule has 1 atom stereocenters. The molecule has 2 saturated heterocycles. The molecule has 154 valence electrons. The first kappa shape index (κ1) is 19.6. The van der Waals surface area contributed by atoms with E-state index in [1.807, 2.05) is 35.2 Å². The second-order valence-electron chi connectivity index (χ2n) is 7.95. The number of likely N-dealkylation sites (tertiary alicyclic amines) is 2. The molecule has 2 aliphatic heterocycles. The molecule has 1 aromatic carbocycles. The number of hydrogen-bond donors (Lipinski definition) is 1. The van der Waals surface area contributed by atoms with Gasteiger partial charge in [-0.25, -0.2) is 0 Å². The van der Waals surface area contributed by atoms with Gasteiger partial charge in [0.15, 0.2) is 0 Å². The molecule has 2 fully saturated rings. The predicted octanol–water partition coefficient (Wildman–Crippen LogP) is 1.67. The van der Waals surface area contributed by atoms with E-state index >= 15 is 0 Å². The van der Waals surface area contributed by atoms with Crippen molar-refractivity contribution in [3.05, 3.63) is 36.2 Å². The third-order valence-corrected chi connectivity index (χ3v) is 5.92. The van der Waals surface area contributed by atoms with E-state index in [9.17, 15) is 9.59 Å². The normalized spacial score (nSPS) is 21.2. The Morgan fingerprint density at radius 1 is 1.07 bits per heavy atom. The van der Waals surface area contributed by atoms with Crippen molar-refractivity contribution in [3.63, 3.8) is 0 Å². The predicted molar refractivity (Wildman–Crippen MR) is 106 cm³/mol. The zero-order valence-electron chi connectivity index (χ0n) is 16.5. The van der Waals surface area contributed by atoms with Crippen LogP contribution in [0, 0.1) is 11.8 Å². The molecule has 0 radical (unpaired) electrons. The molecule has 2 aromatic rings. The molecular formula is C21H27N5O3. The Kier molecular flexibility index (Phi) is 5.89. The van der Waals surface area contributed by atoms with E-state index in [-0.39, 0.29) is 23.7 Å². The molecular weight excluding hydrogens is 370 g/mol. The lowest BCUT2D eigenvalue weighted by molar-refractivity contribution is -0.140. The second kappa shape index (κ2) is 8.73. The number of rotatable bonds is 5. The molecule has 3 heterocycles. The van der Waals surface area contributed by atoms with E-state index in [2.05, 4.69) is 15.0 Å². The first-order valence-corrected chi connectivity index (χ1v) is 10.3. The van der Waals surface area contributed by atoms with Gasteiger partial charge in [-0.15, -0.1) is 0 Å². The molecule has 2 aliphatic rings. The molecule has 8 nitrogen and oxygen atoms in total. The van der Waals surface area contributed by atoms with Gasteiger partial charge in [-0.2, -0.15) is 4.98 Å². The fourth-order valence-corrected chi connectivity index (χ4v) is 4.26. The summed E-state index contributed by atoms with van der Waals surface area (Å²) >= 11 is 0. The first-order valence-electron chi connectivity index (χ1n) is 10.3. The van der Waals surface area contributed by atoms with Gasteiger partial charge in [0.05, 0.1) is 12.5 Å². The molecule has 2 N–H and O–H groups in total. The minimum absolute atomic E-state index is 0.0228. The number of carbonyl (C=O) groups excluding carboxylic acids is 2. The lowest BCUT2D eigenvalue weighted by atomic mass is 9.92. The van der Waals surface area contributed by atoms with Gasteiger partial charge in [0.25, 0.3) is 0 Å². The van der Waals surface area contributed by atoms with Crippen molar-refractivity contribution in [1.82, 2.24) is 19.9 Å². The van der Waals surface area contributed by atoms with Crippen molar-refractivity contribution in [2.45, 2.75) is 32.2 Å². The van der Waals surface area contributed by atoms with Crippen LogP contribution >= 0.6 is 0 Å². The van der Waals surface area contributed by atoms with E-state index < -0.39 is 0 Å². The van der Waals surface area contributed by atoms with Gasteiger partial charge in [-0.1, -0.05) is 35.5 Å². The maximum Gasteiger partial charge on any atom is 0.241 e. The Morgan fingerprint density at radius 2 is 1.83 bits per heavy atom. The molecule has 0 bridgehead atoms. The third-order valence-electron chi connectivity index (χ3n) is 5.92. The molecule has 1 unspecified atom stereocenters. The van der Waals surface area contributed by atoms with Crippen LogP contribution in [0.2, 0.25) is 0 Å². The van der Waals surface area contributed by atoms with E-state index in [0.29, 0.717) is 50.7 Å². The highest BCUT2D eigenvalue weighted by atomic mass is 16.5. The molecule has 4 rings (SSSR count). The second-order valence-corrected chi connectivity index (χ2v) is 7.95. The summed E-state index contributed by atoms with van der Waals surface area (Å²) in [6, 6.07) is 9.74. The monoisotopic (exact) mass is 397 g/mol. The quantitative estimate of drug-likeness (QED) is 0.823. The third kappa shape index (κ3) is 4.64. The van der Waals surface area contributed by atoms with E-state index in [0.717, 1.165) is 24.9 Å². The molecule has 0 aliphatic carbocycles. The van der Waals surface area contributed by atoms with Crippen LogP contribution in [-0.2, 0) is 16.1 Å². The topological polar surface area (TPSA) is 106 Å². The van der Waals surface area contributed by atoms with Crippen molar-refractivity contribution in [3.8, 4) is 11.4 Å². The standard InChI is InChI=1S/C21H27N5O3/c22-19(27)15-8-11-26(12-9-15)21(28)17-7-4-10-25(13-17)14-18-23-20(24-29-18)16-5-2-1-3-6-16/h1-3,5-6,15,17H,4,7-14H2,(H2,22,27). The molecule has 8 heteroatoms. The average Bonchev–Trinajstić information content (AvgIpc) is 3.22. The molecule has 0 spiro atoms. The van der Waals surface area contributed by atoms with Crippen molar-refractivity contribution in [2.24, 2.45) is 17.6 Å². The number of piperidine rings is 2. The van der Waals surface area contributed by atoms with Gasteiger partial charge in [0.1, 0.15) is 0 Å². The van der Waals surface area contributed by atoms with Gasteiger partial charge in [0, 0.05) is 31.1 Å². The largest absolute Gasteiger partial charge is 0.369 e. The van der Waals surface area contributed by atoms with Gasteiger partial charge < -0.3 is 15.2 Å². The summed E-state index contributed by atoms with van der Waals surface area (Å²) in [7, 11) is 0. The molecule has 29 heavy (non-hydrogen) atoms. The minimum atomic E-state index is -0.254. The van der Waals surface area contributed by atoms with Crippen molar-refractivity contribution >= 4 is 11.8 Å². The van der Waals surface area contributed by atoms with E-state index in [1.165, 1.54) is 0 Å². The molecule has 0 saturated carbocycles. The number of hydrogen-bond acceptors (Lipinski definition) is 6. The van der Waals surface area contributed by atoms with Crippen LogP contribution in [0.1, 0.15) is 31.6 Å². The lowest BCUT2D eigenvalue weighted by Crippen LogP contribution is -2.48. The van der Waals surface area contributed by atoms with Crippen LogP contribution in [0.25, 0.3) is 11.4 Å². The number of aromatic nitrogens is 2. The Balaban J connectivity index is 1.32. The summed E-state index contributed by atoms with van der Waals surface area (Å²) in [6.45, 7) is 3.39. The first-order chi connectivity index (χ1) is 14.1. The fraction of sp³-hybridized carbons (Fsp3) is 0.524. The Morgan fingerprint density at radius 3 is 2.55 bits per heavy atom. The summed E-state index contributed by atoms with van der Waals surface area (Å²) in [5.74, 6) is 0.967. The van der Waals surface area contributed by atoms with Crippen LogP contribution < -0.4 is 5.73 Å². The van der Waals surface area contributed by atoms with Crippen molar-refractivity contribution in [2.75, 3.05) is 26.2 Å². The highest BCUT2D eigenvalue weighted by Gasteiger charge is 2.33. The summed E-state index contributed by atoms with van der Waals surface area (Å²) in [5, 5.41) is 4.08. The Labute approximate surface area is 170 Å². The van der Waals surface area contributed by atoms with Gasteiger partial charge in [0.2, 0.25) is 23.5 Å². The SMILES string of the molecule is NC(=O)C1CCN(C(=O)C2CCCN(Cc3nc(-c4ccccc4)no3)C2)CC1. The number of primary amides is 1. The van der Waals surface area contributed by atoms with Crippen molar-refractivity contribution < 1.29 is 14.1 Å². The summed E-state index contributed by atoms with van der Waals surface area (Å²) in [5.41, 5.74) is 6.32. The van der Waals surface area contributed by atoms with Crippen molar-refractivity contribution in [1.29, 1.82) is 0 Å². The van der Waals surface area contributed by atoms with E-state index in [4.69, 9.17) is 10.3 Å². The van der Waals surface area contributed by atoms with Crippen LogP contribution in [0.4, 0.5) is 0 Å². The minimum Gasteiger partial charge on any atom is -0.369 e. The van der Waals surface area contributed by atoms with Gasteiger partial charge in [-0.05, 0) is 32.2 Å². The average molecular weight is 397 g/mol. The van der Waals surface area contributed by atoms with Crippen LogP contribution in [0.15, 0.2) is 34.9 Å². The zero-order valence-corrected chi connectivity index (χ0v) is 16.5. The number of nitrogens with two attached hydrogens (primary N) is 1. The lowest BCUT2D eigenvalue weighted by Gasteiger charge is -2.37. The summed E-state index contributed by atoms with van der Waals surface area (Å²) < 4.78 is 5.43.